The van der Waals surface area contributed by atoms with Crippen molar-refractivity contribution in [3.05, 3.63) is 28.9 Å². The first-order valence-electron chi connectivity index (χ1n) is 5.54. The second kappa shape index (κ2) is 4.85. The van der Waals surface area contributed by atoms with Crippen LogP contribution < -0.4 is 5.73 Å². The van der Waals surface area contributed by atoms with Gasteiger partial charge < -0.3 is 5.73 Å². The van der Waals surface area contributed by atoms with Crippen LogP contribution in [0.25, 0.3) is 10.9 Å². The number of para-hydroxylation sites is 1. The topological polar surface area (TPSA) is 43.8 Å². The summed E-state index contributed by atoms with van der Waals surface area (Å²) in [6.07, 6.45) is 3.20. The number of nitrogens with two attached hydrogens (primary N) is 1. The van der Waals surface area contributed by atoms with E-state index in [4.69, 9.17) is 17.3 Å². The van der Waals surface area contributed by atoms with Crippen LogP contribution in [0.15, 0.2) is 18.2 Å². The van der Waals surface area contributed by atoms with Gasteiger partial charge in [0.15, 0.2) is 5.15 Å². The number of halogens is 1. The summed E-state index contributed by atoms with van der Waals surface area (Å²) < 4.78 is 1.86. The molecule has 1 heterocycles. The van der Waals surface area contributed by atoms with Crippen molar-refractivity contribution in [2.24, 2.45) is 12.8 Å². The van der Waals surface area contributed by atoms with E-state index in [9.17, 15) is 0 Å². The molecular weight excluding hydrogens is 222 g/mol. The molecule has 1 aromatic heterocycles. The van der Waals surface area contributed by atoms with Crippen molar-refractivity contribution in [1.29, 1.82) is 0 Å². The molecule has 0 fully saturated rings. The lowest BCUT2D eigenvalue weighted by Crippen LogP contribution is -2.00. The van der Waals surface area contributed by atoms with Gasteiger partial charge in [-0.15, -0.1) is 0 Å². The maximum atomic E-state index is 6.06. The van der Waals surface area contributed by atoms with Gasteiger partial charge in [-0.25, -0.2) is 0 Å². The maximum Gasteiger partial charge on any atom is 0.158 e. The van der Waals surface area contributed by atoms with Crippen molar-refractivity contribution in [2.75, 3.05) is 6.54 Å². The van der Waals surface area contributed by atoms with E-state index in [1.54, 1.807) is 0 Å². The molecule has 86 valence electrons. The molecule has 3 nitrogen and oxygen atoms in total. The van der Waals surface area contributed by atoms with Gasteiger partial charge in [-0.1, -0.05) is 23.7 Å². The minimum atomic E-state index is 0.582. The van der Waals surface area contributed by atoms with E-state index in [1.807, 2.05) is 23.9 Å². The lowest BCUT2D eigenvalue weighted by atomic mass is 10.1. The van der Waals surface area contributed by atoms with Crippen LogP contribution in [0.2, 0.25) is 5.15 Å². The van der Waals surface area contributed by atoms with Gasteiger partial charge in [0.05, 0.1) is 5.52 Å². The van der Waals surface area contributed by atoms with Crippen LogP contribution in [0.4, 0.5) is 0 Å². The van der Waals surface area contributed by atoms with Crippen molar-refractivity contribution in [3.63, 3.8) is 0 Å². The van der Waals surface area contributed by atoms with Gasteiger partial charge in [0.25, 0.3) is 0 Å². The second-order valence-electron chi connectivity index (χ2n) is 3.97. The van der Waals surface area contributed by atoms with E-state index >= 15 is 0 Å². The SMILES string of the molecule is Cn1nc(Cl)c2cccc(CCCCN)c21. The predicted octanol–water partition coefficient (Wildman–Crippen LogP) is 2.51. The van der Waals surface area contributed by atoms with Gasteiger partial charge in [-0.2, -0.15) is 5.10 Å². The third kappa shape index (κ3) is 2.06. The molecule has 0 amide bonds. The smallest absolute Gasteiger partial charge is 0.158 e. The molecule has 2 N–H and O–H groups in total. The molecule has 0 atom stereocenters. The normalized spacial score (nSPS) is 11.2. The first-order valence-corrected chi connectivity index (χ1v) is 5.92. The summed E-state index contributed by atoms with van der Waals surface area (Å²) in [5.74, 6) is 0. The molecule has 2 aromatic rings. The number of rotatable bonds is 4. The van der Waals surface area contributed by atoms with Gasteiger partial charge in [0.1, 0.15) is 0 Å². The molecule has 16 heavy (non-hydrogen) atoms. The molecule has 4 heteroatoms. The fourth-order valence-electron chi connectivity index (χ4n) is 2.04. The van der Waals surface area contributed by atoms with Crippen LogP contribution in [0.5, 0.6) is 0 Å². The van der Waals surface area contributed by atoms with E-state index in [2.05, 4.69) is 11.2 Å². The Morgan fingerprint density at radius 1 is 1.38 bits per heavy atom. The molecule has 0 saturated heterocycles. The van der Waals surface area contributed by atoms with Gasteiger partial charge >= 0.3 is 0 Å². The number of hydrogen-bond donors (Lipinski definition) is 1. The second-order valence-corrected chi connectivity index (χ2v) is 4.33. The Morgan fingerprint density at radius 3 is 2.94 bits per heavy atom. The van der Waals surface area contributed by atoms with Gasteiger partial charge in [0, 0.05) is 12.4 Å². The van der Waals surface area contributed by atoms with Crippen LogP contribution in [0, 0.1) is 0 Å². The van der Waals surface area contributed by atoms with E-state index in [0.717, 1.165) is 36.7 Å². The highest BCUT2D eigenvalue weighted by atomic mass is 35.5. The molecule has 2 rings (SSSR count). The maximum absolute atomic E-state index is 6.06. The van der Waals surface area contributed by atoms with E-state index in [1.165, 1.54) is 5.56 Å². The van der Waals surface area contributed by atoms with Crippen LogP contribution in [-0.2, 0) is 13.5 Å². The van der Waals surface area contributed by atoms with Gasteiger partial charge in [0.2, 0.25) is 0 Å². The van der Waals surface area contributed by atoms with Crippen molar-refractivity contribution in [2.45, 2.75) is 19.3 Å². The molecule has 0 spiro atoms. The lowest BCUT2D eigenvalue weighted by molar-refractivity contribution is 0.738. The zero-order valence-electron chi connectivity index (χ0n) is 9.41. The molecule has 0 radical (unpaired) electrons. The number of aryl methyl sites for hydroxylation is 2. The van der Waals surface area contributed by atoms with Crippen LogP contribution >= 0.6 is 11.6 Å². The monoisotopic (exact) mass is 237 g/mol. The summed E-state index contributed by atoms with van der Waals surface area (Å²) in [5, 5.41) is 5.85. The number of fused-ring (bicyclic) bond motifs is 1. The van der Waals surface area contributed by atoms with E-state index < -0.39 is 0 Å². The minimum absolute atomic E-state index is 0.582. The number of unbranched alkanes of at least 4 members (excludes halogenated alkanes) is 1. The first kappa shape index (κ1) is 11.4. The molecule has 0 aliphatic rings. The quantitative estimate of drug-likeness (QED) is 0.831. The lowest BCUT2D eigenvalue weighted by Gasteiger charge is -2.04. The Morgan fingerprint density at radius 2 is 2.19 bits per heavy atom. The summed E-state index contributed by atoms with van der Waals surface area (Å²) in [6.45, 7) is 0.752. The molecule has 0 saturated carbocycles. The highest BCUT2D eigenvalue weighted by Crippen LogP contribution is 2.25. The van der Waals surface area contributed by atoms with E-state index in [-0.39, 0.29) is 0 Å². The summed E-state index contributed by atoms with van der Waals surface area (Å²) in [7, 11) is 1.93. The highest BCUT2D eigenvalue weighted by Gasteiger charge is 2.09. The molecular formula is C12H16ClN3. The van der Waals surface area contributed by atoms with Crippen molar-refractivity contribution in [3.8, 4) is 0 Å². The third-order valence-electron chi connectivity index (χ3n) is 2.80. The number of benzene rings is 1. The molecule has 0 aliphatic carbocycles. The Balaban J connectivity index is 2.37. The minimum Gasteiger partial charge on any atom is -0.330 e. The fourth-order valence-corrected chi connectivity index (χ4v) is 2.30. The number of aromatic nitrogens is 2. The number of hydrogen-bond acceptors (Lipinski definition) is 2. The van der Waals surface area contributed by atoms with Crippen LogP contribution in [-0.4, -0.2) is 16.3 Å². The standard InChI is InChI=1S/C12H16ClN3/c1-16-11-9(5-2-3-8-14)6-4-7-10(11)12(13)15-16/h4,6-7H,2-3,5,8,14H2,1H3. The van der Waals surface area contributed by atoms with Crippen molar-refractivity contribution in [1.82, 2.24) is 9.78 Å². The van der Waals surface area contributed by atoms with Crippen molar-refractivity contribution < 1.29 is 0 Å². The Hall–Kier alpha value is -1.06. The Bertz CT molecular complexity index is 490. The summed E-state index contributed by atoms with van der Waals surface area (Å²) in [4.78, 5) is 0. The Labute approximate surface area is 100 Å². The number of nitrogens with zero attached hydrogens (tertiary/aromatic N) is 2. The molecule has 1 aromatic carbocycles. The zero-order valence-corrected chi connectivity index (χ0v) is 10.2. The van der Waals surface area contributed by atoms with Gasteiger partial charge in [-0.3, -0.25) is 4.68 Å². The summed E-state index contributed by atoms with van der Waals surface area (Å²) in [6, 6.07) is 6.18. The third-order valence-corrected chi connectivity index (χ3v) is 3.08. The molecule has 0 unspecified atom stereocenters. The Kier molecular flexibility index (Phi) is 3.46. The fraction of sp³-hybridized carbons (Fsp3) is 0.417. The largest absolute Gasteiger partial charge is 0.330 e. The molecule has 0 bridgehead atoms. The summed E-state index contributed by atoms with van der Waals surface area (Å²) in [5.41, 5.74) is 7.94. The van der Waals surface area contributed by atoms with E-state index in [0.29, 0.717) is 5.15 Å². The first-order chi connectivity index (χ1) is 7.74. The zero-order chi connectivity index (χ0) is 11.5. The molecule has 0 aliphatic heterocycles. The summed E-state index contributed by atoms with van der Waals surface area (Å²) >= 11 is 6.06. The predicted molar refractivity (Wildman–Crippen MR) is 67.7 cm³/mol. The average Bonchev–Trinajstić information content (AvgIpc) is 2.56. The average molecular weight is 238 g/mol. The van der Waals surface area contributed by atoms with Gasteiger partial charge in [-0.05, 0) is 37.4 Å². The van der Waals surface area contributed by atoms with Crippen molar-refractivity contribution >= 4 is 22.5 Å². The highest BCUT2D eigenvalue weighted by molar-refractivity contribution is 6.34. The van der Waals surface area contributed by atoms with Crippen LogP contribution in [0.3, 0.4) is 0 Å². The van der Waals surface area contributed by atoms with Crippen LogP contribution in [0.1, 0.15) is 18.4 Å².